The molecule has 2 rings (SSSR count). The zero-order valence-corrected chi connectivity index (χ0v) is 11.0. The fraction of sp³-hybridized carbons (Fsp3) is 0.167. The average molecular weight is 262 g/mol. The summed E-state index contributed by atoms with van der Waals surface area (Å²) in [4.78, 5) is 8.44. The molecule has 0 saturated heterocycles. The van der Waals surface area contributed by atoms with Gasteiger partial charge in [0, 0.05) is 6.07 Å². The number of aromatic nitrogens is 2. The Morgan fingerprint density at radius 2 is 2.06 bits per heavy atom. The molecule has 6 heteroatoms. The molecule has 0 aliphatic heterocycles. The van der Waals surface area contributed by atoms with Gasteiger partial charge in [0.25, 0.3) is 0 Å². The fourth-order valence-corrected chi connectivity index (χ4v) is 1.78. The molecule has 5 nitrogen and oxygen atoms in total. The Kier molecular flexibility index (Phi) is 4.01. The Bertz CT molecular complexity index is 525. The van der Waals surface area contributed by atoms with E-state index in [-0.39, 0.29) is 0 Å². The molecule has 2 aromatic rings. The summed E-state index contributed by atoms with van der Waals surface area (Å²) in [7, 11) is 0. The first kappa shape index (κ1) is 12.7. The van der Waals surface area contributed by atoms with Crippen molar-refractivity contribution >= 4 is 17.6 Å². The zero-order valence-electron chi connectivity index (χ0n) is 10.2. The highest BCUT2D eigenvalue weighted by Gasteiger charge is 2.06. The maximum atomic E-state index is 5.73. The third-order valence-electron chi connectivity index (χ3n) is 2.32. The van der Waals surface area contributed by atoms with Crippen LogP contribution in [0.15, 0.2) is 35.5 Å². The highest BCUT2D eigenvalue weighted by atomic mass is 32.2. The first-order valence-corrected chi connectivity index (χ1v) is 6.58. The summed E-state index contributed by atoms with van der Waals surface area (Å²) in [5.74, 6) is 7.13. The molecule has 0 amide bonds. The highest BCUT2D eigenvalue weighted by molar-refractivity contribution is 7.98. The molecule has 3 N–H and O–H groups in total. The van der Waals surface area contributed by atoms with Gasteiger partial charge in [-0.25, -0.2) is 10.8 Å². The first-order valence-electron chi connectivity index (χ1n) is 5.36. The van der Waals surface area contributed by atoms with Gasteiger partial charge < -0.3 is 10.2 Å². The summed E-state index contributed by atoms with van der Waals surface area (Å²) in [6.07, 6.45) is 1.90. The number of rotatable bonds is 4. The molecule has 0 saturated carbocycles. The van der Waals surface area contributed by atoms with Gasteiger partial charge >= 0.3 is 0 Å². The number of ether oxygens (including phenoxy) is 1. The maximum absolute atomic E-state index is 5.73. The van der Waals surface area contributed by atoms with E-state index in [0.717, 1.165) is 11.3 Å². The van der Waals surface area contributed by atoms with Crippen molar-refractivity contribution in [1.82, 2.24) is 9.97 Å². The Labute approximate surface area is 110 Å². The number of anilines is 1. The number of nitrogens with one attached hydrogen (secondary N) is 1. The van der Waals surface area contributed by atoms with Crippen LogP contribution in [0.5, 0.6) is 11.6 Å². The van der Waals surface area contributed by atoms with Crippen LogP contribution in [0.4, 0.5) is 5.82 Å². The number of benzene rings is 1. The summed E-state index contributed by atoms with van der Waals surface area (Å²) in [6, 6.07) is 9.41. The molecule has 0 aliphatic carbocycles. The largest absolute Gasteiger partial charge is 0.439 e. The van der Waals surface area contributed by atoms with Crippen LogP contribution in [-0.2, 0) is 0 Å². The molecule has 0 atom stereocenters. The molecule has 1 heterocycles. The van der Waals surface area contributed by atoms with Gasteiger partial charge in [0.05, 0.1) is 0 Å². The molecule has 18 heavy (non-hydrogen) atoms. The van der Waals surface area contributed by atoms with Crippen molar-refractivity contribution in [2.45, 2.75) is 12.1 Å². The minimum atomic E-state index is 0.469. The molecule has 0 bridgehead atoms. The standard InChI is InChI=1S/C12H14N4OS/c1-8-5-3-4-6-9(8)17-11-7-10(16-13)14-12(15-11)18-2/h3-7H,13H2,1-2H3,(H,14,15,16). The molecule has 94 valence electrons. The second kappa shape index (κ2) is 5.70. The molecule has 0 radical (unpaired) electrons. The normalized spacial score (nSPS) is 10.2. The van der Waals surface area contributed by atoms with E-state index in [1.54, 1.807) is 6.07 Å². The van der Waals surface area contributed by atoms with Gasteiger partial charge in [0.1, 0.15) is 11.6 Å². The Morgan fingerprint density at radius 3 is 2.72 bits per heavy atom. The van der Waals surface area contributed by atoms with E-state index in [2.05, 4.69) is 15.4 Å². The molecule has 0 fully saturated rings. The number of aryl methyl sites for hydroxylation is 1. The van der Waals surface area contributed by atoms with Crippen molar-refractivity contribution in [3.05, 3.63) is 35.9 Å². The van der Waals surface area contributed by atoms with Crippen molar-refractivity contribution < 1.29 is 4.74 Å². The molecule has 1 aromatic carbocycles. The van der Waals surface area contributed by atoms with Gasteiger partial charge in [0.2, 0.25) is 5.88 Å². The van der Waals surface area contributed by atoms with E-state index in [9.17, 15) is 0 Å². The number of nitrogens with two attached hydrogens (primary N) is 1. The molecular formula is C12H14N4OS. The second-order valence-corrected chi connectivity index (χ2v) is 4.36. The van der Waals surface area contributed by atoms with Crippen LogP contribution >= 0.6 is 11.8 Å². The van der Waals surface area contributed by atoms with E-state index >= 15 is 0 Å². The lowest BCUT2D eigenvalue weighted by molar-refractivity contribution is 0.453. The number of hydrogen-bond donors (Lipinski definition) is 2. The number of hydrazine groups is 1. The van der Waals surface area contributed by atoms with Crippen LogP contribution in [-0.4, -0.2) is 16.2 Å². The van der Waals surface area contributed by atoms with Gasteiger partial charge in [-0.15, -0.1) is 0 Å². The number of para-hydroxylation sites is 1. The zero-order chi connectivity index (χ0) is 13.0. The summed E-state index contributed by atoms with van der Waals surface area (Å²) in [5.41, 5.74) is 3.54. The first-order chi connectivity index (χ1) is 8.72. The van der Waals surface area contributed by atoms with Gasteiger partial charge in [0.15, 0.2) is 5.16 Å². The Balaban J connectivity index is 2.31. The van der Waals surface area contributed by atoms with E-state index in [4.69, 9.17) is 10.6 Å². The van der Waals surface area contributed by atoms with Gasteiger partial charge in [-0.3, -0.25) is 0 Å². The van der Waals surface area contributed by atoms with E-state index in [1.165, 1.54) is 11.8 Å². The summed E-state index contributed by atoms with van der Waals surface area (Å²) in [5, 5.41) is 0.606. The van der Waals surface area contributed by atoms with Crippen LogP contribution in [0.25, 0.3) is 0 Å². The lowest BCUT2D eigenvalue weighted by Crippen LogP contribution is -2.09. The van der Waals surface area contributed by atoms with E-state index in [0.29, 0.717) is 16.9 Å². The topological polar surface area (TPSA) is 73.1 Å². The third kappa shape index (κ3) is 2.91. The lowest BCUT2D eigenvalue weighted by Gasteiger charge is -2.09. The predicted molar refractivity (Wildman–Crippen MR) is 72.9 cm³/mol. The molecule has 0 unspecified atom stereocenters. The average Bonchev–Trinajstić information content (AvgIpc) is 2.41. The predicted octanol–water partition coefficient (Wildman–Crippen LogP) is 2.58. The maximum Gasteiger partial charge on any atom is 0.225 e. The van der Waals surface area contributed by atoms with Crippen molar-refractivity contribution in [3.63, 3.8) is 0 Å². The van der Waals surface area contributed by atoms with E-state index in [1.807, 2.05) is 37.4 Å². The van der Waals surface area contributed by atoms with Crippen LogP contribution < -0.4 is 16.0 Å². The second-order valence-electron chi connectivity index (χ2n) is 3.59. The molecule has 0 spiro atoms. The molecular weight excluding hydrogens is 248 g/mol. The third-order valence-corrected chi connectivity index (χ3v) is 2.87. The number of thioether (sulfide) groups is 1. The number of nitrogens with zero attached hydrogens (tertiary/aromatic N) is 2. The summed E-state index contributed by atoms with van der Waals surface area (Å²) in [6.45, 7) is 1.98. The summed E-state index contributed by atoms with van der Waals surface area (Å²) < 4.78 is 5.73. The van der Waals surface area contributed by atoms with Crippen LogP contribution in [0.3, 0.4) is 0 Å². The molecule has 1 aromatic heterocycles. The summed E-state index contributed by atoms with van der Waals surface area (Å²) >= 11 is 1.43. The lowest BCUT2D eigenvalue weighted by atomic mass is 10.2. The van der Waals surface area contributed by atoms with Crippen molar-refractivity contribution in [2.75, 3.05) is 11.7 Å². The van der Waals surface area contributed by atoms with Crippen LogP contribution in [0, 0.1) is 6.92 Å². The SMILES string of the molecule is CSc1nc(NN)cc(Oc2ccccc2C)n1. The van der Waals surface area contributed by atoms with Crippen molar-refractivity contribution in [2.24, 2.45) is 5.84 Å². The Hall–Kier alpha value is -1.79. The van der Waals surface area contributed by atoms with Gasteiger partial charge in [-0.05, 0) is 24.8 Å². The van der Waals surface area contributed by atoms with Crippen LogP contribution in [0.1, 0.15) is 5.56 Å². The Morgan fingerprint density at radius 1 is 1.28 bits per heavy atom. The number of nitrogen functional groups attached to an aromatic ring is 1. The van der Waals surface area contributed by atoms with E-state index < -0.39 is 0 Å². The number of hydrogen-bond acceptors (Lipinski definition) is 6. The fourth-order valence-electron chi connectivity index (χ4n) is 1.40. The van der Waals surface area contributed by atoms with Crippen molar-refractivity contribution in [1.29, 1.82) is 0 Å². The quantitative estimate of drug-likeness (QED) is 0.382. The molecule has 0 aliphatic rings. The highest BCUT2D eigenvalue weighted by Crippen LogP contribution is 2.25. The van der Waals surface area contributed by atoms with Gasteiger partial charge in [-0.2, -0.15) is 4.98 Å². The smallest absolute Gasteiger partial charge is 0.225 e. The minimum absolute atomic E-state index is 0.469. The van der Waals surface area contributed by atoms with Gasteiger partial charge in [-0.1, -0.05) is 30.0 Å². The monoisotopic (exact) mass is 262 g/mol. The minimum Gasteiger partial charge on any atom is -0.439 e. The van der Waals surface area contributed by atoms with Crippen LogP contribution in [0.2, 0.25) is 0 Å². The van der Waals surface area contributed by atoms with Crippen molar-refractivity contribution in [3.8, 4) is 11.6 Å².